The molecule has 20 heavy (non-hydrogen) atoms. The van der Waals surface area contributed by atoms with Crippen LogP contribution in [0, 0.1) is 0 Å². The van der Waals surface area contributed by atoms with Gasteiger partial charge in [-0.25, -0.2) is 9.78 Å². The van der Waals surface area contributed by atoms with Crippen LogP contribution in [-0.2, 0) is 9.47 Å². The van der Waals surface area contributed by atoms with Gasteiger partial charge in [0.2, 0.25) is 0 Å². The van der Waals surface area contributed by atoms with Crippen LogP contribution in [0.15, 0.2) is 18.3 Å². The Kier molecular flexibility index (Phi) is 4.92. The van der Waals surface area contributed by atoms with Gasteiger partial charge in [0.15, 0.2) is 0 Å². The van der Waals surface area contributed by atoms with Crippen molar-refractivity contribution in [2.24, 2.45) is 0 Å². The molecule has 0 unspecified atom stereocenters. The van der Waals surface area contributed by atoms with Gasteiger partial charge in [-0.2, -0.15) is 0 Å². The summed E-state index contributed by atoms with van der Waals surface area (Å²) in [6.45, 7) is 3.67. The van der Waals surface area contributed by atoms with E-state index >= 15 is 0 Å². The van der Waals surface area contributed by atoms with Gasteiger partial charge in [-0.3, -0.25) is 0 Å². The summed E-state index contributed by atoms with van der Waals surface area (Å²) < 4.78 is 10.1. The molecule has 0 spiro atoms. The zero-order chi connectivity index (χ0) is 14.4. The number of nitrogens with one attached hydrogen (secondary N) is 1. The van der Waals surface area contributed by atoms with Crippen LogP contribution >= 0.6 is 0 Å². The number of anilines is 1. The number of hydrogen-bond acceptors (Lipinski definition) is 6. The third-order valence-electron chi connectivity index (χ3n) is 3.30. The zero-order valence-corrected chi connectivity index (χ0v) is 11.6. The van der Waals surface area contributed by atoms with Crippen molar-refractivity contribution in [2.75, 3.05) is 31.7 Å². The predicted octanol–water partition coefficient (Wildman–Crippen LogP) is 1.21. The van der Waals surface area contributed by atoms with Crippen molar-refractivity contribution < 1.29 is 19.4 Å². The van der Waals surface area contributed by atoms with Crippen molar-refractivity contribution in [2.45, 2.75) is 25.4 Å². The largest absolute Gasteiger partial charge is 0.462 e. The van der Waals surface area contributed by atoms with Gasteiger partial charge in [-0.15, -0.1) is 0 Å². The van der Waals surface area contributed by atoms with Crippen LogP contribution in [-0.4, -0.2) is 48.0 Å². The minimum absolute atomic E-state index is 0.341. The molecular formula is C14H20N2O4. The predicted molar refractivity (Wildman–Crippen MR) is 73.7 cm³/mol. The first-order chi connectivity index (χ1) is 9.63. The molecule has 0 atom stereocenters. The van der Waals surface area contributed by atoms with Crippen molar-refractivity contribution in [1.82, 2.24) is 4.98 Å². The van der Waals surface area contributed by atoms with Crippen molar-refractivity contribution in [3.8, 4) is 0 Å². The number of rotatable bonds is 5. The molecule has 0 bridgehead atoms. The molecule has 2 heterocycles. The van der Waals surface area contributed by atoms with Crippen LogP contribution in [0.1, 0.15) is 30.1 Å². The van der Waals surface area contributed by atoms with E-state index in [1.165, 1.54) is 6.20 Å². The number of hydrogen-bond donors (Lipinski definition) is 2. The van der Waals surface area contributed by atoms with Gasteiger partial charge in [0.1, 0.15) is 5.82 Å². The first-order valence-corrected chi connectivity index (χ1v) is 6.80. The van der Waals surface area contributed by atoms with Crippen molar-refractivity contribution in [3.05, 3.63) is 23.9 Å². The van der Waals surface area contributed by atoms with Crippen LogP contribution in [0.25, 0.3) is 0 Å². The zero-order valence-electron chi connectivity index (χ0n) is 11.6. The number of carbonyl (C=O) groups is 1. The minimum Gasteiger partial charge on any atom is -0.462 e. The third-order valence-corrected chi connectivity index (χ3v) is 3.30. The second-order valence-electron chi connectivity index (χ2n) is 4.84. The highest BCUT2D eigenvalue weighted by atomic mass is 16.5. The Labute approximate surface area is 118 Å². The van der Waals surface area contributed by atoms with E-state index in [0.717, 1.165) is 0 Å². The van der Waals surface area contributed by atoms with Crippen LogP contribution in [0.2, 0.25) is 0 Å². The summed E-state index contributed by atoms with van der Waals surface area (Å²) in [7, 11) is 0. The molecule has 0 radical (unpaired) electrons. The van der Waals surface area contributed by atoms with Gasteiger partial charge in [-0.1, -0.05) is 0 Å². The van der Waals surface area contributed by atoms with Gasteiger partial charge < -0.3 is 19.9 Å². The van der Waals surface area contributed by atoms with E-state index in [2.05, 4.69) is 10.3 Å². The van der Waals surface area contributed by atoms with E-state index in [0.29, 0.717) is 50.6 Å². The molecule has 6 nitrogen and oxygen atoms in total. The summed E-state index contributed by atoms with van der Waals surface area (Å²) in [4.78, 5) is 15.6. The Morgan fingerprint density at radius 1 is 1.50 bits per heavy atom. The molecule has 1 aliphatic rings. The topological polar surface area (TPSA) is 80.7 Å². The van der Waals surface area contributed by atoms with Gasteiger partial charge >= 0.3 is 5.97 Å². The molecule has 0 saturated carbocycles. The second kappa shape index (κ2) is 6.67. The number of nitrogens with zero attached hydrogens (tertiary/aromatic N) is 1. The maximum atomic E-state index is 11.5. The summed E-state index contributed by atoms with van der Waals surface area (Å²) in [5.74, 6) is 0.243. The smallest absolute Gasteiger partial charge is 0.339 e. The lowest BCUT2D eigenvalue weighted by atomic mass is 9.94. The Morgan fingerprint density at radius 3 is 2.85 bits per heavy atom. The molecule has 2 rings (SSSR count). The Morgan fingerprint density at radius 2 is 2.25 bits per heavy atom. The maximum Gasteiger partial charge on any atom is 0.339 e. The number of aliphatic hydroxyl groups is 1. The molecule has 1 saturated heterocycles. The fraction of sp³-hybridized carbons (Fsp3) is 0.571. The fourth-order valence-corrected chi connectivity index (χ4v) is 2.02. The van der Waals surface area contributed by atoms with E-state index in [-0.39, 0.29) is 5.97 Å². The molecular weight excluding hydrogens is 260 g/mol. The number of esters is 1. The van der Waals surface area contributed by atoms with Crippen molar-refractivity contribution in [3.63, 3.8) is 0 Å². The highest BCUT2D eigenvalue weighted by molar-refractivity contribution is 5.89. The van der Waals surface area contributed by atoms with Crippen LogP contribution in [0.3, 0.4) is 0 Å². The standard InChI is InChI=1S/C14H20N2O4/c1-2-20-13(17)11-3-4-12(15-9-11)16-10-14(18)5-7-19-8-6-14/h3-4,9,18H,2,5-8,10H2,1H3,(H,15,16). The van der Waals surface area contributed by atoms with Gasteiger partial charge in [-0.05, 0) is 19.1 Å². The monoisotopic (exact) mass is 280 g/mol. The molecule has 0 amide bonds. The van der Waals surface area contributed by atoms with E-state index in [4.69, 9.17) is 9.47 Å². The highest BCUT2D eigenvalue weighted by Crippen LogP contribution is 2.20. The van der Waals surface area contributed by atoms with E-state index in [9.17, 15) is 9.90 Å². The van der Waals surface area contributed by atoms with E-state index < -0.39 is 5.60 Å². The second-order valence-corrected chi connectivity index (χ2v) is 4.84. The lowest BCUT2D eigenvalue weighted by Gasteiger charge is -2.32. The molecule has 0 aromatic carbocycles. The highest BCUT2D eigenvalue weighted by Gasteiger charge is 2.29. The Bertz CT molecular complexity index is 441. The van der Waals surface area contributed by atoms with E-state index in [1.807, 2.05) is 0 Å². The normalized spacial score (nSPS) is 17.5. The molecule has 1 fully saturated rings. The number of ether oxygens (including phenoxy) is 2. The first-order valence-electron chi connectivity index (χ1n) is 6.80. The quantitative estimate of drug-likeness (QED) is 0.789. The first kappa shape index (κ1) is 14.7. The summed E-state index contributed by atoms with van der Waals surface area (Å²) in [6, 6.07) is 3.36. The molecule has 110 valence electrons. The Hall–Kier alpha value is -1.66. The molecule has 1 aromatic rings. The van der Waals surface area contributed by atoms with E-state index in [1.54, 1.807) is 19.1 Å². The van der Waals surface area contributed by atoms with Crippen LogP contribution < -0.4 is 5.32 Å². The number of carbonyl (C=O) groups excluding carboxylic acids is 1. The molecule has 1 aliphatic heterocycles. The van der Waals surface area contributed by atoms with Crippen molar-refractivity contribution in [1.29, 1.82) is 0 Å². The number of pyridine rings is 1. The maximum absolute atomic E-state index is 11.5. The fourth-order valence-electron chi connectivity index (χ4n) is 2.02. The summed E-state index contributed by atoms with van der Waals surface area (Å²) >= 11 is 0. The molecule has 2 N–H and O–H groups in total. The average molecular weight is 280 g/mol. The minimum atomic E-state index is -0.750. The van der Waals surface area contributed by atoms with Gasteiger partial charge in [0.25, 0.3) is 0 Å². The number of aromatic nitrogens is 1. The Balaban J connectivity index is 1.89. The molecule has 0 aliphatic carbocycles. The molecule has 6 heteroatoms. The van der Waals surface area contributed by atoms with Gasteiger partial charge in [0.05, 0.1) is 17.8 Å². The summed E-state index contributed by atoms with van der Waals surface area (Å²) in [5, 5.41) is 13.4. The summed E-state index contributed by atoms with van der Waals surface area (Å²) in [6.07, 6.45) is 2.69. The van der Waals surface area contributed by atoms with Crippen LogP contribution in [0.5, 0.6) is 0 Å². The lowest BCUT2D eigenvalue weighted by molar-refractivity contribution is -0.0543. The van der Waals surface area contributed by atoms with Gasteiger partial charge in [0, 0.05) is 38.8 Å². The van der Waals surface area contributed by atoms with Crippen LogP contribution in [0.4, 0.5) is 5.82 Å². The molecule has 1 aromatic heterocycles. The van der Waals surface area contributed by atoms with Crippen molar-refractivity contribution >= 4 is 11.8 Å². The lowest BCUT2D eigenvalue weighted by Crippen LogP contribution is -2.42. The summed E-state index contributed by atoms with van der Waals surface area (Å²) in [5.41, 5.74) is -0.332. The SMILES string of the molecule is CCOC(=O)c1ccc(NCC2(O)CCOCC2)nc1. The average Bonchev–Trinajstić information content (AvgIpc) is 2.47. The third kappa shape index (κ3) is 3.91.